The van der Waals surface area contributed by atoms with Crippen LogP contribution in [0.3, 0.4) is 0 Å². The summed E-state index contributed by atoms with van der Waals surface area (Å²) in [5, 5.41) is 10.6. The van der Waals surface area contributed by atoms with Crippen LogP contribution in [0.2, 0.25) is 0 Å². The van der Waals surface area contributed by atoms with Crippen LogP contribution in [0, 0.1) is 0 Å². The molecule has 95 heavy (non-hydrogen) atoms. The molecule has 564 valence electrons. The van der Waals surface area contributed by atoms with Crippen LogP contribution in [0.5, 0.6) is 0 Å². The Labute approximate surface area is 581 Å². The van der Waals surface area contributed by atoms with Gasteiger partial charge in [0, 0.05) is 25.7 Å². The van der Waals surface area contributed by atoms with Gasteiger partial charge in [-0.3, -0.25) is 37.3 Å². The minimum absolute atomic E-state index is 0.108. The van der Waals surface area contributed by atoms with Gasteiger partial charge < -0.3 is 33.8 Å². The second-order valence-electron chi connectivity index (χ2n) is 27.4. The molecule has 0 bridgehead atoms. The summed E-state index contributed by atoms with van der Waals surface area (Å²) < 4.78 is 68.4. The number of ether oxygens (including phenoxy) is 4. The van der Waals surface area contributed by atoms with E-state index in [-0.39, 0.29) is 25.7 Å². The summed E-state index contributed by atoms with van der Waals surface area (Å²) in [6, 6.07) is 0. The topological polar surface area (TPSA) is 237 Å². The van der Waals surface area contributed by atoms with Crippen molar-refractivity contribution in [3.63, 3.8) is 0 Å². The normalized spacial score (nSPS) is 13.9. The van der Waals surface area contributed by atoms with Crippen molar-refractivity contribution in [2.24, 2.45) is 0 Å². The van der Waals surface area contributed by atoms with Crippen LogP contribution in [0.25, 0.3) is 0 Å². The number of rotatable bonds is 77. The molecule has 0 aromatic heterocycles. The molecule has 0 rings (SSSR count). The summed E-state index contributed by atoms with van der Waals surface area (Å²) in [5.74, 6) is -2.11. The summed E-state index contributed by atoms with van der Waals surface area (Å²) in [4.78, 5) is 72.7. The van der Waals surface area contributed by atoms with E-state index in [1.807, 2.05) is 0 Å². The van der Waals surface area contributed by atoms with Crippen LogP contribution in [0.4, 0.5) is 0 Å². The van der Waals surface area contributed by atoms with Crippen LogP contribution in [-0.2, 0) is 65.4 Å². The first-order valence-corrected chi connectivity index (χ1v) is 42.8. The SMILES string of the molecule is CCCCCCCCCCCCCCCCCCCCCCCC(=O)O[C@H](COC(=O)CCCCCCCCCCCCCCC)COP(=O)(O)OC[C@@H](O)COP(=O)(O)OC[C@@H](COC(=O)CCCCCCCCCC)OC(=O)CCCCCCCCCCCCCCC. The third-order valence-electron chi connectivity index (χ3n) is 17.9. The van der Waals surface area contributed by atoms with E-state index in [4.69, 9.17) is 37.0 Å². The van der Waals surface area contributed by atoms with Crippen molar-refractivity contribution in [2.45, 2.75) is 425 Å². The van der Waals surface area contributed by atoms with Gasteiger partial charge in [-0.2, -0.15) is 0 Å². The molecule has 0 aliphatic carbocycles. The van der Waals surface area contributed by atoms with Gasteiger partial charge in [-0.15, -0.1) is 0 Å². The highest BCUT2D eigenvalue weighted by Crippen LogP contribution is 2.45. The molecule has 0 amide bonds. The Hall–Kier alpha value is -1.94. The van der Waals surface area contributed by atoms with Crippen LogP contribution in [0.1, 0.15) is 407 Å². The highest BCUT2D eigenvalue weighted by atomic mass is 31.2. The van der Waals surface area contributed by atoms with E-state index in [2.05, 4.69) is 27.7 Å². The van der Waals surface area contributed by atoms with E-state index in [0.29, 0.717) is 25.7 Å². The smallest absolute Gasteiger partial charge is 0.462 e. The molecule has 0 aliphatic heterocycles. The molecule has 17 nitrogen and oxygen atoms in total. The number of carbonyl (C=O) groups is 4. The van der Waals surface area contributed by atoms with Gasteiger partial charge in [0.1, 0.15) is 19.3 Å². The number of carbonyl (C=O) groups excluding carboxylic acids is 4. The quantitative estimate of drug-likeness (QED) is 0.0222. The highest BCUT2D eigenvalue weighted by molar-refractivity contribution is 7.47. The molecular formula is C76H148O17P2. The van der Waals surface area contributed by atoms with Crippen molar-refractivity contribution in [3.8, 4) is 0 Å². The molecule has 3 N–H and O–H groups in total. The molecule has 5 atom stereocenters. The number of phosphoric ester groups is 2. The van der Waals surface area contributed by atoms with Gasteiger partial charge in [-0.05, 0) is 25.7 Å². The first-order chi connectivity index (χ1) is 46.2. The molecule has 0 aliphatic rings. The van der Waals surface area contributed by atoms with Gasteiger partial charge in [-0.1, -0.05) is 355 Å². The lowest BCUT2D eigenvalue weighted by atomic mass is 10.0. The maximum atomic E-state index is 13.1. The second kappa shape index (κ2) is 70.5. The number of phosphoric acid groups is 2. The Morgan fingerprint density at radius 2 is 0.421 bits per heavy atom. The maximum Gasteiger partial charge on any atom is 0.472 e. The predicted octanol–water partition coefficient (Wildman–Crippen LogP) is 22.6. The number of esters is 4. The van der Waals surface area contributed by atoms with Crippen molar-refractivity contribution in [2.75, 3.05) is 39.6 Å². The van der Waals surface area contributed by atoms with Crippen molar-refractivity contribution in [1.29, 1.82) is 0 Å². The summed E-state index contributed by atoms with van der Waals surface area (Å²) in [6.07, 6.45) is 61.1. The molecule has 0 saturated heterocycles. The van der Waals surface area contributed by atoms with Crippen molar-refractivity contribution < 1.29 is 80.2 Å². The van der Waals surface area contributed by atoms with Crippen molar-refractivity contribution in [1.82, 2.24) is 0 Å². The molecule has 0 heterocycles. The van der Waals surface area contributed by atoms with Crippen LogP contribution in [0.15, 0.2) is 0 Å². The second-order valence-corrected chi connectivity index (χ2v) is 30.3. The number of unbranched alkanes of at least 4 members (excludes halogenated alkanes) is 51. The average molecular weight is 1400 g/mol. The summed E-state index contributed by atoms with van der Waals surface area (Å²) >= 11 is 0. The van der Waals surface area contributed by atoms with Gasteiger partial charge in [-0.25, -0.2) is 9.13 Å². The predicted molar refractivity (Wildman–Crippen MR) is 386 cm³/mol. The van der Waals surface area contributed by atoms with Gasteiger partial charge in [0.2, 0.25) is 0 Å². The largest absolute Gasteiger partial charge is 0.472 e. The lowest BCUT2D eigenvalue weighted by molar-refractivity contribution is -0.161. The molecule has 0 aromatic rings. The third kappa shape index (κ3) is 70.3. The number of aliphatic hydroxyl groups excluding tert-OH is 1. The molecule has 0 saturated carbocycles. The van der Waals surface area contributed by atoms with Crippen molar-refractivity contribution >= 4 is 39.5 Å². The van der Waals surface area contributed by atoms with E-state index >= 15 is 0 Å². The zero-order valence-electron chi connectivity index (χ0n) is 61.6. The number of hydrogen-bond donors (Lipinski definition) is 3. The fraction of sp³-hybridized carbons (Fsp3) is 0.947. The van der Waals surface area contributed by atoms with Crippen LogP contribution < -0.4 is 0 Å². The zero-order valence-corrected chi connectivity index (χ0v) is 63.4. The third-order valence-corrected chi connectivity index (χ3v) is 19.8. The van der Waals surface area contributed by atoms with E-state index in [9.17, 15) is 43.2 Å². The standard InChI is InChI=1S/C76H148O17P2/c1-5-9-13-17-21-25-28-31-32-33-34-35-36-37-38-41-44-47-51-55-59-63-76(81)93-72(67-87-74(79)61-57-53-49-45-42-39-29-26-22-18-14-10-6-2)69-91-95(84,85)89-65-70(77)64-88-94(82,83)90-68-71(66-86-73(78)60-56-52-48-24-20-16-12-8-4)92-75(80)62-58-54-50-46-43-40-30-27-23-19-15-11-7-3/h70-72,77H,5-69H2,1-4H3,(H,82,83)(H,84,85)/t70-,71+,72+/m0/s1. The fourth-order valence-electron chi connectivity index (χ4n) is 11.8. The fourth-order valence-corrected chi connectivity index (χ4v) is 13.3. The Balaban J connectivity index is 5.17. The maximum absolute atomic E-state index is 13.1. The zero-order chi connectivity index (χ0) is 69.7. The Bertz CT molecular complexity index is 1810. The lowest BCUT2D eigenvalue weighted by Crippen LogP contribution is -2.30. The van der Waals surface area contributed by atoms with Crippen molar-refractivity contribution in [3.05, 3.63) is 0 Å². The van der Waals surface area contributed by atoms with E-state index in [1.165, 1.54) is 238 Å². The molecular weight excluding hydrogens is 1250 g/mol. The molecule has 2 unspecified atom stereocenters. The molecule has 0 aromatic carbocycles. The van der Waals surface area contributed by atoms with Gasteiger partial charge in [0.25, 0.3) is 0 Å². The van der Waals surface area contributed by atoms with E-state index in [1.54, 1.807) is 0 Å². The van der Waals surface area contributed by atoms with Gasteiger partial charge in [0.15, 0.2) is 12.2 Å². The Kier molecular flexibility index (Phi) is 69.1. The monoisotopic (exact) mass is 1400 g/mol. The summed E-state index contributed by atoms with van der Waals surface area (Å²) in [7, 11) is -9.90. The first kappa shape index (κ1) is 93.1. The van der Waals surface area contributed by atoms with E-state index < -0.39 is 97.5 Å². The highest BCUT2D eigenvalue weighted by Gasteiger charge is 2.30. The molecule has 0 fully saturated rings. The minimum Gasteiger partial charge on any atom is -0.462 e. The Morgan fingerprint density at radius 3 is 0.621 bits per heavy atom. The van der Waals surface area contributed by atoms with Gasteiger partial charge in [0.05, 0.1) is 26.4 Å². The molecule has 0 radical (unpaired) electrons. The summed E-state index contributed by atoms with van der Waals surface area (Å²) in [6.45, 7) is 4.96. The molecule has 0 spiro atoms. The number of aliphatic hydroxyl groups is 1. The Morgan fingerprint density at radius 1 is 0.253 bits per heavy atom. The summed E-state index contributed by atoms with van der Waals surface area (Å²) in [5.41, 5.74) is 0. The molecule has 19 heteroatoms. The minimum atomic E-state index is -4.95. The van der Waals surface area contributed by atoms with E-state index in [0.717, 1.165) is 89.9 Å². The van der Waals surface area contributed by atoms with Crippen LogP contribution >= 0.6 is 15.6 Å². The average Bonchev–Trinajstić information content (AvgIpc) is 1.89. The lowest BCUT2D eigenvalue weighted by Gasteiger charge is -2.21. The van der Waals surface area contributed by atoms with Gasteiger partial charge >= 0.3 is 39.5 Å². The number of hydrogen-bond acceptors (Lipinski definition) is 15. The van der Waals surface area contributed by atoms with Crippen LogP contribution in [-0.4, -0.2) is 96.7 Å². The first-order valence-electron chi connectivity index (χ1n) is 39.8.